The lowest BCUT2D eigenvalue weighted by atomic mass is 9.88. The molecule has 165 valence electrons. The van der Waals surface area contributed by atoms with Crippen LogP contribution in [0.3, 0.4) is 0 Å². The Morgan fingerprint density at radius 2 is 1.21 bits per heavy atom. The first-order valence-electron chi connectivity index (χ1n) is 10.8. The van der Waals surface area contributed by atoms with E-state index in [-0.39, 0.29) is 23.9 Å². The molecule has 2 N–H and O–H groups in total. The lowest BCUT2D eigenvalue weighted by Gasteiger charge is -2.17. The number of carbonyl (C=O) groups excluding carboxylic acids is 1. The summed E-state index contributed by atoms with van der Waals surface area (Å²) < 4.78 is 5.71. The molecule has 0 amide bonds. The molecule has 0 bridgehead atoms. The second kappa shape index (κ2) is 10.4. The molecule has 0 saturated heterocycles. The van der Waals surface area contributed by atoms with Crippen molar-refractivity contribution in [2.24, 2.45) is 0 Å². The third kappa shape index (κ3) is 5.46. The molecule has 1 fully saturated rings. The van der Waals surface area contributed by atoms with Crippen molar-refractivity contribution in [1.29, 1.82) is 0 Å². The minimum atomic E-state index is -0.0608. The number of benzene rings is 3. The summed E-state index contributed by atoms with van der Waals surface area (Å²) >= 11 is 0. The van der Waals surface area contributed by atoms with Crippen LogP contribution < -0.4 is 4.74 Å². The summed E-state index contributed by atoms with van der Waals surface area (Å²) in [6.45, 7) is 2.08. The van der Waals surface area contributed by atoms with Gasteiger partial charge in [-0.2, -0.15) is 0 Å². The van der Waals surface area contributed by atoms with Gasteiger partial charge in [0.15, 0.2) is 5.78 Å². The molecule has 0 spiro atoms. The maximum atomic E-state index is 12.2. The number of aromatic hydroxyl groups is 2. The summed E-state index contributed by atoms with van der Waals surface area (Å²) in [7, 11) is 0. The molecule has 0 atom stereocenters. The van der Waals surface area contributed by atoms with Crippen LogP contribution in [-0.4, -0.2) is 22.6 Å². The van der Waals surface area contributed by atoms with Gasteiger partial charge >= 0.3 is 0 Å². The molecule has 0 aliphatic heterocycles. The molecule has 4 heteroatoms. The molecular weight excluding hydrogens is 412 g/mol. The molecule has 0 aromatic heterocycles. The highest BCUT2D eigenvalue weighted by molar-refractivity contribution is 5.99. The van der Waals surface area contributed by atoms with Gasteiger partial charge in [-0.25, -0.2) is 0 Å². The van der Waals surface area contributed by atoms with E-state index in [1.165, 1.54) is 0 Å². The molecule has 3 aromatic rings. The van der Waals surface area contributed by atoms with Crippen molar-refractivity contribution in [3.63, 3.8) is 0 Å². The summed E-state index contributed by atoms with van der Waals surface area (Å²) in [5.41, 5.74) is 5.11. The Morgan fingerprint density at radius 1 is 0.727 bits per heavy atom. The zero-order valence-electron chi connectivity index (χ0n) is 18.4. The molecule has 1 aliphatic carbocycles. The minimum absolute atomic E-state index is 0.0161. The fraction of sp³-hybridized carbons (Fsp3) is 0.103. The highest BCUT2D eigenvalue weighted by Crippen LogP contribution is 2.36. The van der Waals surface area contributed by atoms with Crippen LogP contribution in [-0.2, 0) is 4.79 Å². The predicted molar refractivity (Wildman–Crippen MR) is 130 cm³/mol. The average molecular weight is 438 g/mol. The zero-order valence-corrected chi connectivity index (χ0v) is 18.4. The van der Waals surface area contributed by atoms with Gasteiger partial charge in [-0.1, -0.05) is 43.3 Å². The van der Waals surface area contributed by atoms with Gasteiger partial charge in [-0.15, -0.1) is 0 Å². The van der Waals surface area contributed by atoms with Crippen LogP contribution in [0.2, 0.25) is 0 Å². The largest absolute Gasteiger partial charge is 0.508 e. The van der Waals surface area contributed by atoms with E-state index in [1.807, 2.05) is 61.4 Å². The van der Waals surface area contributed by atoms with Crippen LogP contribution in [0.15, 0.2) is 72.8 Å². The van der Waals surface area contributed by atoms with E-state index in [2.05, 4.69) is 6.92 Å². The number of Topliss-reactive ketones (excluding diaryl/α,β-unsaturated/α-hetero) is 1. The fourth-order valence-corrected chi connectivity index (χ4v) is 3.84. The van der Waals surface area contributed by atoms with Crippen molar-refractivity contribution in [2.75, 3.05) is 6.61 Å². The summed E-state index contributed by atoms with van der Waals surface area (Å²) in [5.74, 6) is 1.63. The Labute approximate surface area is 195 Å². The van der Waals surface area contributed by atoms with Gasteiger partial charge in [-0.05, 0) is 96.3 Å². The van der Waals surface area contributed by atoms with Crippen molar-refractivity contribution in [1.82, 2.24) is 0 Å². The Morgan fingerprint density at radius 3 is 1.73 bits per heavy atom. The summed E-state index contributed by atoms with van der Waals surface area (Å²) in [6.07, 6.45) is 7.99. The normalized spacial score (nSPS) is 14.7. The van der Waals surface area contributed by atoms with Crippen LogP contribution in [0.25, 0.3) is 11.1 Å². The number of hydrogen-bond donors (Lipinski definition) is 2. The van der Waals surface area contributed by atoms with E-state index in [0.29, 0.717) is 11.7 Å². The number of rotatable bonds is 8. The monoisotopic (exact) mass is 437 g/mol. The number of phenolic OH excluding ortho intramolecular Hbond substituents is 2. The fourth-order valence-electron chi connectivity index (χ4n) is 3.84. The Bertz CT molecular complexity index is 1100. The van der Waals surface area contributed by atoms with E-state index in [4.69, 9.17) is 4.74 Å². The number of ketones is 1. The Kier molecular flexibility index (Phi) is 7.13. The van der Waals surface area contributed by atoms with Gasteiger partial charge in [0, 0.05) is 0 Å². The van der Waals surface area contributed by atoms with Crippen LogP contribution in [0.1, 0.15) is 30.0 Å². The van der Waals surface area contributed by atoms with E-state index in [1.54, 1.807) is 37.1 Å². The van der Waals surface area contributed by atoms with Crippen molar-refractivity contribution in [3.8, 4) is 17.2 Å². The van der Waals surface area contributed by atoms with E-state index >= 15 is 0 Å². The van der Waals surface area contributed by atoms with E-state index in [0.717, 1.165) is 34.3 Å². The molecule has 4 rings (SSSR count). The van der Waals surface area contributed by atoms with Gasteiger partial charge in [0.05, 0.1) is 5.92 Å². The van der Waals surface area contributed by atoms with Crippen molar-refractivity contribution >= 4 is 16.9 Å². The van der Waals surface area contributed by atoms with Gasteiger partial charge in [0.2, 0.25) is 0 Å². The maximum absolute atomic E-state index is 12.2. The maximum Gasteiger partial charge on any atom is 0.177 e. The molecule has 0 heterocycles. The molecule has 3 aromatic carbocycles. The van der Waals surface area contributed by atoms with Crippen molar-refractivity contribution in [2.45, 2.75) is 13.3 Å². The Balaban J connectivity index is 1.65. The number of hydrogen-bond acceptors (Lipinski definition) is 4. The Hall–Kier alpha value is -3.53. The van der Waals surface area contributed by atoms with E-state index < -0.39 is 0 Å². The number of carbonyl (C=O) groups is 1. The van der Waals surface area contributed by atoms with Crippen LogP contribution >= 0.6 is 0 Å². The summed E-state index contributed by atoms with van der Waals surface area (Å²) in [6, 6.07) is 22.0. The summed E-state index contributed by atoms with van der Waals surface area (Å²) in [4.78, 5) is 12.2. The third-order valence-corrected chi connectivity index (χ3v) is 5.52. The lowest BCUT2D eigenvalue weighted by molar-refractivity contribution is -0.118. The second-order valence-corrected chi connectivity index (χ2v) is 7.71. The number of phenols is 2. The standard InChI is InChI=1S/C29H25O4/c1-2-27(20-7-13-24(30)14-8-20)29(22-9-15-25(31)16-10-22)23-11-17-26(18-12-23)33-19-28(32)21-5-3-4-6-21/h3-18,30-31H,2,19H2,1H3/b29-27+. The highest BCUT2D eigenvalue weighted by atomic mass is 16.5. The van der Waals surface area contributed by atoms with Gasteiger partial charge < -0.3 is 14.9 Å². The summed E-state index contributed by atoms with van der Waals surface area (Å²) in [5, 5.41) is 19.5. The molecule has 1 aliphatic rings. The van der Waals surface area contributed by atoms with E-state index in [9.17, 15) is 15.0 Å². The average Bonchev–Trinajstić information content (AvgIpc) is 3.38. The topological polar surface area (TPSA) is 66.8 Å². The molecule has 4 nitrogen and oxygen atoms in total. The molecule has 1 saturated carbocycles. The predicted octanol–water partition coefficient (Wildman–Crippen LogP) is 5.82. The quantitative estimate of drug-likeness (QED) is 0.436. The third-order valence-electron chi connectivity index (χ3n) is 5.52. The first kappa shape index (κ1) is 22.7. The number of allylic oxidation sites excluding steroid dienone is 1. The van der Waals surface area contributed by atoms with Gasteiger partial charge in [-0.3, -0.25) is 4.79 Å². The molecule has 0 unspecified atom stereocenters. The van der Waals surface area contributed by atoms with Crippen LogP contribution in [0, 0.1) is 31.6 Å². The van der Waals surface area contributed by atoms with Gasteiger partial charge in [0.1, 0.15) is 23.9 Å². The lowest BCUT2D eigenvalue weighted by Crippen LogP contribution is -2.18. The van der Waals surface area contributed by atoms with Gasteiger partial charge in [0.25, 0.3) is 0 Å². The SMILES string of the molecule is CC/C(=C(/c1ccc(O)cc1)c1ccc(OCC(=O)[C]2[CH][CH][CH][CH]2)cc1)c1ccc(O)cc1. The molecule has 33 heavy (non-hydrogen) atoms. The smallest absolute Gasteiger partial charge is 0.177 e. The first-order valence-corrected chi connectivity index (χ1v) is 10.8. The first-order chi connectivity index (χ1) is 16.0. The molecular formula is C29H25O4. The van der Waals surface area contributed by atoms with Crippen molar-refractivity contribution in [3.05, 3.63) is 121 Å². The number of ether oxygens (including phenoxy) is 1. The van der Waals surface area contributed by atoms with Crippen molar-refractivity contribution < 1.29 is 19.7 Å². The zero-order chi connectivity index (χ0) is 23.2. The van der Waals surface area contributed by atoms with Crippen LogP contribution in [0.5, 0.6) is 17.2 Å². The highest BCUT2D eigenvalue weighted by Gasteiger charge is 2.24. The minimum Gasteiger partial charge on any atom is -0.508 e. The molecule has 5 radical (unpaired) electrons. The van der Waals surface area contributed by atoms with Crippen LogP contribution in [0.4, 0.5) is 0 Å². The second-order valence-electron chi connectivity index (χ2n) is 7.71.